The molecule has 0 spiro atoms. The van der Waals surface area contributed by atoms with E-state index in [1.165, 1.54) is 48.7 Å². The van der Waals surface area contributed by atoms with Gasteiger partial charge in [0.2, 0.25) is 0 Å². The lowest BCUT2D eigenvalue weighted by Gasteiger charge is -2.47. The second-order valence-electron chi connectivity index (χ2n) is 6.80. The standard InChI is InChI=1S/C17H23N3S/c1-11-5-3-8-15-16(11)18-17(21)20(15)14-9-12-6-4-7-13(10-14)19(12)2/h3,5,8,12-14H,4,6-7,9-10H2,1-2H3,(H,18,21). The van der Waals surface area contributed by atoms with Crippen LogP contribution in [0.3, 0.4) is 0 Å². The molecule has 1 aromatic heterocycles. The van der Waals surface area contributed by atoms with Crippen LogP contribution in [-0.2, 0) is 0 Å². The summed E-state index contributed by atoms with van der Waals surface area (Å²) in [6.07, 6.45) is 6.56. The number of benzene rings is 1. The summed E-state index contributed by atoms with van der Waals surface area (Å²) in [5.74, 6) is 0. The Balaban J connectivity index is 1.79. The lowest BCUT2D eigenvalue weighted by atomic mass is 9.82. The van der Waals surface area contributed by atoms with Gasteiger partial charge in [-0.15, -0.1) is 0 Å². The van der Waals surface area contributed by atoms with Crippen molar-refractivity contribution in [1.82, 2.24) is 14.5 Å². The first-order valence-electron chi connectivity index (χ1n) is 8.07. The molecule has 2 atom stereocenters. The number of fused-ring (bicyclic) bond motifs is 3. The Morgan fingerprint density at radius 3 is 2.57 bits per heavy atom. The van der Waals surface area contributed by atoms with Crippen molar-refractivity contribution >= 4 is 23.3 Å². The van der Waals surface area contributed by atoms with E-state index in [0.717, 1.165) is 16.9 Å². The SMILES string of the molecule is Cc1cccc2c1[nH]c(=S)n2C1CC2CCCC(C1)N2C. The van der Waals surface area contributed by atoms with Crippen molar-refractivity contribution in [2.45, 2.75) is 57.2 Å². The number of H-pyrrole nitrogens is 1. The number of aromatic amines is 1. The van der Waals surface area contributed by atoms with Crippen LogP contribution in [0.25, 0.3) is 11.0 Å². The second-order valence-corrected chi connectivity index (χ2v) is 7.19. The first-order chi connectivity index (χ1) is 10.1. The topological polar surface area (TPSA) is 24.0 Å². The predicted molar refractivity (Wildman–Crippen MR) is 89.3 cm³/mol. The third-order valence-electron chi connectivity index (χ3n) is 5.64. The molecule has 4 heteroatoms. The summed E-state index contributed by atoms with van der Waals surface area (Å²) in [6.45, 7) is 2.15. The fraction of sp³-hybridized carbons (Fsp3) is 0.588. The van der Waals surface area contributed by atoms with Crippen LogP contribution < -0.4 is 0 Å². The number of imidazole rings is 1. The van der Waals surface area contributed by atoms with Gasteiger partial charge in [-0.2, -0.15) is 0 Å². The lowest BCUT2D eigenvalue weighted by molar-refractivity contribution is 0.0407. The molecule has 112 valence electrons. The van der Waals surface area contributed by atoms with Crippen molar-refractivity contribution in [1.29, 1.82) is 0 Å². The van der Waals surface area contributed by atoms with E-state index in [9.17, 15) is 0 Å². The minimum Gasteiger partial charge on any atom is -0.330 e. The number of aromatic nitrogens is 2. The fourth-order valence-electron chi connectivity index (χ4n) is 4.45. The molecule has 0 saturated carbocycles. The minimum absolute atomic E-state index is 0.555. The summed E-state index contributed by atoms with van der Waals surface area (Å²) >= 11 is 5.65. The smallest absolute Gasteiger partial charge is 0.178 e. The predicted octanol–water partition coefficient (Wildman–Crippen LogP) is 4.20. The summed E-state index contributed by atoms with van der Waals surface area (Å²) in [5, 5.41) is 0. The van der Waals surface area contributed by atoms with Gasteiger partial charge >= 0.3 is 0 Å². The Labute approximate surface area is 131 Å². The van der Waals surface area contributed by atoms with E-state index in [1.54, 1.807) is 0 Å². The van der Waals surface area contributed by atoms with Gasteiger partial charge < -0.3 is 14.5 Å². The van der Waals surface area contributed by atoms with Crippen LogP contribution in [0.5, 0.6) is 0 Å². The number of para-hydroxylation sites is 1. The number of aryl methyl sites for hydroxylation is 1. The normalized spacial score (nSPS) is 29.9. The van der Waals surface area contributed by atoms with Crippen molar-refractivity contribution in [2.24, 2.45) is 0 Å². The fourth-order valence-corrected chi connectivity index (χ4v) is 4.80. The monoisotopic (exact) mass is 301 g/mol. The molecule has 3 heterocycles. The maximum atomic E-state index is 5.65. The van der Waals surface area contributed by atoms with Gasteiger partial charge in [-0.05, 0) is 63.5 Å². The Morgan fingerprint density at radius 1 is 1.14 bits per heavy atom. The van der Waals surface area contributed by atoms with Crippen LogP contribution >= 0.6 is 12.2 Å². The molecule has 0 aliphatic carbocycles. The van der Waals surface area contributed by atoms with Crippen molar-refractivity contribution in [2.75, 3.05) is 7.05 Å². The van der Waals surface area contributed by atoms with E-state index in [0.29, 0.717) is 6.04 Å². The van der Waals surface area contributed by atoms with Crippen LogP contribution in [0.2, 0.25) is 0 Å². The Morgan fingerprint density at radius 2 is 1.86 bits per heavy atom. The van der Waals surface area contributed by atoms with Gasteiger partial charge in [0.05, 0.1) is 11.0 Å². The Kier molecular flexibility index (Phi) is 3.19. The first kappa shape index (κ1) is 13.5. The van der Waals surface area contributed by atoms with Crippen molar-refractivity contribution in [3.8, 4) is 0 Å². The lowest BCUT2D eigenvalue weighted by Crippen LogP contribution is -2.50. The zero-order valence-corrected chi connectivity index (χ0v) is 13.6. The number of rotatable bonds is 1. The number of nitrogens with one attached hydrogen (secondary N) is 1. The maximum Gasteiger partial charge on any atom is 0.178 e. The molecular weight excluding hydrogens is 278 g/mol. The highest BCUT2D eigenvalue weighted by Crippen LogP contribution is 2.39. The molecule has 21 heavy (non-hydrogen) atoms. The summed E-state index contributed by atoms with van der Waals surface area (Å²) in [7, 11) is 2.31. The van der Waals surface area contributed by atoms with Crippen molar-refractivity contribution < 1.29 is 0 Å². The highest BCUT2D eigenvalue weighted by molar-refractivity contribution is 7.71. The molecule has 0 amide bonds. The summed E-state index contributed by atoms with van der Waals surface area (Å²) in [4.78, 5) is 6.05. The van der Waals surface area contributed by atoms with Gasteiger partial charge in [0, 0.05) is 18.1 Å². The molecule has 0 radical (unpaired) electrons. The van der Waals surface area contributed by atoms with E-state index < -0.39 is 0 Å². The van der Waals surface area contributed by atoms with Gasteiger partial charge in [-0.25, -0.2) is 0 Å². The van der Waals surface area contributed by atoms with Gasteiger partial charge in [0.25, 0.3) is 0 Å². The van der Waals surface area contributed by atoms with Gasteiger partial charge in [-0.1, -0.05) is 18.6 Å². The van der Waals surface area contributed by atoms with E-state index in [2.05, 4.69) is 46.6 Å². The van der Waals surface area contributed by atoms with Crippen LogP contribution in [0.4, 0.5) is 0 Å². The third kappa shape index (κ3) is 2.08. The quantitative estimate of drug-likeness (QED) is 0.798. The van der Waals surface area contributed by atoms with Gasteiger partial charge in [0.15, 0.2) is 4.77 Å². The third-order valence-corrected chi connectivity index (χ3v) is 5.94. The van der Waals surface area contributed by atoms with E-state index in [-0.39, 0.29) is 0 Å². The molecule has 2 aromatic rings. The number of piperidine rings is 2. The van der Waals surface area contributed by atoms with Crippen LogP contribution in [0.15, 0.2) is 18.2 Å². The maximum absolute atomic E-state index is 5.65. The molecular formula is C17H23N3S. The number of hydrogen-bond donors (Lipinski definition) is 1. The van der Waals surface area contributed by atoms with Gasteiger partial charge in [0.1, 0.15) is 0 Å². The zero-order chi connectivity index (χ0) is 14.6. The highest BCUT2D eigenvalue weighted by atomic mass is 32.1. The molecule has 2 fully saturated rings. The van der Waals surface area contributed by atoms with Crippen LogP contribution in [-0.4, -0.2) is 33.6 Å². The molecule has 2 unspecified atom stereocenters. The van der Waals surface area contributed by atoms with E-state index in [1.807, 2.05) is 0 Å². The summed E-state index contributed by atoms with van der Waals surface area (Å²) < 4.78 is 3.29. The minimum atomic E-state index is 0.555. The van der Waals surface area contributed by atoms with Crippen LogP contribution in [0.1, 0.15) is 43.7 Å². The summed E-state index contributed by atoms with van der Waals surface area (Å²) in [5.41, 5.74) is 3.78. The van der Waals surface area contributed by atoms with Crippen LogP contribution in [0, 0.1) is 11.7 Å². The molecule has 2 aliphatic rings. The van der Waals surface area contributed by atoms with Crippen molar-refractivity contribution in [3.05, 3.63) is 28.5 Å². The molecule has 2 saturated heterocycles. The molecule has 1 N–H and O–H groups in total. The molecule has 3 nitrogen and oxygen atoms in total. The largest absolute Gasteiger partial charge is 0.330 e. The zero-order valence-electron chi connectivity index (χ0n) is 12.8. The molecule has 2 bridgehead atoms. The average Bonchev–Trinajstić information content (AvgIpc) is 2.77. The average molecular weight is 301 g/mol. The van der Waals surface area contributed by atoms with Crippen molar-refractivity contribution in [3.63, 3.8) is 0 Å². The molecule has 1 aromatic carbocycles. The van der Waals surface area contributed by atoms with E-state index >= 15 is 0 Å². The number of hydrogen-bond acceptors (Lipinski definition) is 2. The van der Waals surface area contributed by atoms with E-state index in [4.69, 9.17) is 12.2 Å². The highest BCUT2D eigenvalue weighted by Gasteiger charge is 2.37. The summed E-state index contributed by atoms with van der Waals surface area (Å²) in [6, 6.07) is 8.54. The molecule has 4 rings (SSSR count). The second kappa shape index (κ2) is 4.96. The first-order valence-corrected chi connectivity index (χ1v) is 8.47. The number of nitrogens with zero attached hydrogens (tertiary/aromatic N) is 2. The molecule has 2 aliphatic heterocycles. The Hall–Kier alpha value is -1.13. The Bertz CT molecular complexity index is 715. The van der Waals surface area contributed by atoms with Gasteiger partial charge in [-0.3, -0.25) is 0 Å².